The van der Waals surface area contributed by atoms with Gasteiger partial charge >= 0.3 is 0 Å². The lowest BCUT2D eigenvalue weighted by molar-refractivity contribution is 0.0900. The summed E-state index contributed by atoms with van der Waals surface area (Å²) in [6.45, 7) is 3.43. The molecule has 0 aliphatic carbocycles. The molecule has 0 spiro atoms. The number of benzene rings is 1. The maximum atomic E-state index is 12.7. The van der Waals surface area contributed by atoms with Crippen molar-refractivity contribution in [3.63, 3.8) is 0 Å². The minimum atomic E-state index is -0.140. The van der Waals surface area contributed by atoms with Crippen molar-refractivity contribution in [1.29, 1.82) is 0 Å². The van der Waals surface area contributed by atoms with Gasteiger partial charge in [-0.1, -0.05) is 24.6 Å². The van der Waals surface area contributed by atoms with Crippen LogP contribution in [0.15, 0.2) is 47.3 Å². The largest absolute Gasteiger partial charge is 0.378 e. The van der Waals surface area contributed by atoms with E-state index >= 15 is 0 Å². The standard InChI is InChI=1S/C21H25N3O3/c25-20-6-4-5-17(22-20)15-7-9-16(10-8-15)21(26)23-18-13-27-14-19(18)24-11-2-1-3-12-24/h4-10,18-19H,1-3,11-14H2,(H,22,25)(H,23,26). The Balaban J connectivity index is 1.42. The number of hydrogen-bond acceptors (Lipinski definition) is 4. The van der Waals surface area contributed by atoms with Gasteiger partial charge in [-0.05, 0) is 49.7 Å². The molecule has 3 heterocycles. The Hall–Kier alpha value is -2.44. The van der Waals surface area contributed by atoms with Crippen molar-refractivity contribution < 1.29 is 9.53 Å². The number of hydrogen-bond donors (Lipinski definition) is 2. The third kappa shape index (κ3) is 4.12. The number of aromatic nitrogens is 1. The van der Waals surface area contributed by atoms with Gasteiger partial charge in [-0.2, -0.15) is 0 Å². The molecule has 2 aliphatic heterocycles. The summed E-state index contributed by atoms with van der Waals surface area (Å²) >= 11 is 0. The molecule has 1 amide bonds. The Bertz CT molecular complexity index is 840. The van der Waals surface area contributed by atoms with Gasteiger partial charge in [0.05, 0.1) is 25.3 Å². The van der Waals surface area contributed by atoms with Crippen LogP contribution < -0.4 is 10.9 Å². The summed E-state index contributed by atoms with van der Waals surface area (Å²) in [5.41, 5.74) is 2.09. The quantitative estimate of drug-likeness (QED) is 0.867. The van der Waals surface area contributed by atoms with Crippen LogP contribution in [0.25, 0.3) is 11.3 Å². The Labute approximate surface area is 158 Å². The van der Waals surface area contributed by atoms with Gasteiger partial charge in [0.1, 0.15) is 0 Å². The van der Waals surface area contributed by atoms with Crippen LogP contribution in [0, 0.1) is 0 Å². The number of pyridine rings is 1. The van der Waals surface area contributed by atoms with E-state index in [1.165, 1.54) is 25.3 Å². The first-order chi connectivity index (χ1) is 13.2. The van der Waals surface area contributed by atoms with E-state index in [4.69, 9.17) is 4.74 Å². The summed E-state index contributed by atoms with van der Waals surface area (Å²) in [5.74, 6) is -0.0828. The van der Waals surface area contributed by atoms with Crippen LogP contribution in [0.3, 0.4) is 0 Å². The molecule has 2 unspecified atom stereocenters. The number of carbonyl (C=O) groups excluding carboxylic acids is 1. The first-order valence-electron chi connectivity index (χ1n) is 9.63. The van der Waals surface area contributed by atoms with Crippen molar-refractivity contribution >= 4 is 5.91 Å². The van der Waals surface area contributed by atoms with Crippen molar-refractivity contribution in [2.75, 3.05) is 26.3 Å². The molecule has 142 valence electrons. The molecule has 2 aliphatic rings. The molecule has 0 bridgehead atoms. The van der Waals surface area contributed by atoms with Crippen LogP contribution in [-0.2, 0) is 4.74 Å². The molecule has 1 aromatic carbocycles. The van der Waals surface area contributed by atoms with E-state index in [1.807, 2.05) is 18.2 Å². The minimum Gasteiger partial charge on any atom is -0.378 e. The van der Waals surface area contributed by atoms with Crippen LogP contribution in [0.5, 0.6) is 0 Å². The molecule has 2 fully saturated rings. The molecule has 2 atom stereocenters. The van der Waals surface area contributed by atoms with Crippen LogP contribution in [0.2, 0.25) is 0 Å². The first kappa shape index (κ1) is 17.9. The van der Waals surface area contributed by atoms with Crippen molar-refractivity contribution in [2.24, 2.45) is 0 Å². The number of rotatable bonds is 4. The topological polar surface area (TPSA) is 74.4 Å². The molecule has 6 nitrogen and oxygen atoms in total. The Kier molecular flexibility index (Phi) is 5.36. The molecule has 4 rings (SSSR count). The number of likely N-dealkylation sites (tertiary alicyclic amines) is 1. The number of carbonyl (C=O) groups is 1. The third-order valence-electron chi connectivity index (χ3n) is 5.45. The number of nitrogens with one attached hydrogen (secondary N) is 2. The molecule has 6 heteroatoms. The molecule has 27 heavy (non-hydrogen) atoms. The number of nitrogens with zero attached hydrogens (tertiary/aromatic N) is 1. The van der Waals surface area contributed by atoms with Crippen LogP contribution >= 0.6 is 0 Å². The Morgan fingerprint density at radius 1 is 1.04 bits per heavy atom. The minimum absolute atomic E-state index is 0.0285. The van der Waals surface area contributed by atoms with Gasteiger partial charge in [-0.25, -0.2) is 0 Å². The molecule has 2 saturated heterocycles. The van der Waals surface area contributed by atoms with E-state index in [0.29, 0.717) is 18.8 Å². The fraction of sp³-hybridized carbons (Fsp3) is 0.429. The maximum absolute atomic E-state index is 12.7. The number of amides is 1. The van der Waals surface area contributed by atoms with Crippen LogP contribution in [0.4, 0.5) is 0 Å². The number of aromatic amines is 1. The van der Waals surface area contributed by atoms with Crippen LogP contribution in [0.1, 0.15) is 29.6 Å². The molecular formula is C21H25N3O3. The van der Waals surface area contributed by atoms with Gasteiger partial charge in [0.25, 0.3) is 5.91 Å². The summed E-state index contributed by atoms with van der Waals surface area (Å²) in [7, 11) is 0. The van der Waals surface area contributed by atoms with Gasteiger partial charge in [0, 0.05) is 17.3 Å². The average Bonchev–Trinajstić information content (AvgIpc) is 3.17. The summed E-state index contributed by atoms with van der Waals surface area (Å²) < 4.78 is 5.66. The Morgan fingerprint density at radius 2 is 1.81 bits per heavy atom. The maximum Gasteiger partial charge on any atom is 0.251 e. The van der Waals surface area contributed by atoms with Crippen molar-refractivity contribution in [3.05, 3.63) is 58.4 Å². The van der Waals surface area contributed by atoms with E-state index < -0.39 is 0 Å². The SMILES string of the molecule is O=C(NC1COCC1N1CCCCC1)c1ccc(-c2cccc(=O)[nH]2)cc1. The fourth-order valence-electron chi connectivity index (χ4n) is 3.96. The molecule has 1 aromatic heterocycles. The van der Waals surface area contributed by atoms with Crippen molar-refractivity contribution in [2.45, 2.75) is 31.3 Å². The highest BCUT2D eigenvalue weighted by Gasteiger charge is 2.34. The summed E-state index contributed by atoms with van der Waals surface area (Å²) in [6.07, 6.45) is 3.74. The van der Waals surface area contributed by atoms with Gasteiger partial charge in [0.2, 0.25) is 5.56 Å². The number of ether oxygens (including phenoxy) is 1. The predicted octanol–water partition coefficient (Wildman–Crippen LogP) is 2.02. The van der Waals surface area contributed by atoms with Crippen molar-refractivity contribution in [1.82, 2.24) is 15.2 Å². The van der Waals surface area contributed by atoms with Gasteiger partial charge in [0.15, 0.2) is 0 Å². The predicted molar refractivity (Wildman–Crippen MR) is 104 cm³/mol. The van der Waals surface area contributed by atoms with E-state index in [2.05, 4.69) is 15.2 Å². The second-order valence-corrected chi connectivity index (χ2v) is 7.29. The average molecular weight is 367 g/mol. The smallest absolute Gasteiger partial charge is 0.251 e. The highest BCUT2D eigenvalue weighted by molar-refractivity contribution is 5.94. The summed E-state index contributed by atoms with van der Waals surface area (Å²) in [4.78, 5) is 29.4. The van der Waals surface area contributed by atoms with Crippen molar-refractivity contribution in [3.8, 4) is 11.3 Å². The highest BCUT2D eigenvalue weighted by Crippen LogP contribution is 2.20. The lowest BCUT2D eigenvalue weighted by Gasteiger charge is -2.34. The van der Waals surface area contributed by atoms with E-state index in [-0.39, 0.29) is 23.6 Å². The summed E-state index contributed by atoms with van der Waals surface area (Å²) in [5, 5.41) is 3.15. The Morgan fingerprint density at radius 3 is 2.56 bits per heavy atom. The molecule has 0 saturated carbocycles. The number of piperidine rings is 1. The monoisotopic (exact) mass is 367 g/mol. The molecular weight excluding hydrogens is 342 g/mol. The lowest BCUT2D eigenvalue weighted by Crippen LogP contribution is -2.52. The van der Waals surface area contributed by atoms with Gasteiger partial charge < -0.3 is 15.0 Å². The molecule has 2 aromatic rings. The van der Waals surface area contributed by atoms with E-state index in [1.54, 1.807) is 18.2 Å². The lowest BCUT2D eigenvalue weighted by atomic mass is 10.0. The second kappa shape index (κ2) is 8.06. The zero-order valence-corrected chi connectivity index (χ0v) is 15.3. The zero-order valence-electron chi connectivity index (χ0n) is 15.3. The van der Waals surface area contributed by atoms with E-state index in [0.717, 1.165) is 24.3 Å². The third-order valence-corrected chi connectivity index (χ3v) is 5.45. The normalized spacial score (nSPS) is 23.3. The zero-order chi connectivity index (χ0) is 18.6. The number of H-pyrrole nitrogens is 1. The highest BCUT2D eigenvalue weighted by atomic mass is 16.5. The summed E-state index contributed by atoms with van der Waals surface area (Å²) in [6, 6.07) is 12.6. The van der Waals surface area contributed by atoms with Gasteiger partial charge in [-0.3, -0.25) is 14.5 Å². The van der Waals surface area contributed by atoms with Crippen LogP contribution in [-0.4, -0.2) is 54.2 Å². The van der Waals surface area contributed by atoms with E-state index in [9.17, 15) is 9.59 Å². The first-order valence-corrected chi connectivity index (χ1v) is 9.63. The fourth-order valence-corrected chi connectivity index (χ4v) is 3.96. The van der Waals surface area contributed by atoms with Gasteiger partial charge in [-0.15, -0.1) is 0 Å². The molecule has 0 radical (unpaired) electrons. The molecule has 2 N–H and O–H groups in total. The second-order valence-electron chi connectivity index (χ2n) is 7.29.